The van der Waals surface area contributed by atoms with Crippen LogP contribution in [-0.2, 0) is 18.1 Å². The Morgan fingerprint density at radius 3 is 1.17 bits per heavy atom. The first-order valence-electron chi connectivity index (χ1n) is 13.3. The lowest BCUT2D eigenvalue weighted by Gasteiger charge is -2.46. The van der Waals surface area contributed by atoms with Crippen LogP contribution < -0.4 is 5.32 Å². The lowest BCUT2D eigenvalue weighted by molar-refractivity contribution is -0.125. The molecule has 0 aromatic carbocycles. The molecule has 1 radical (unpaired) electrons. The average molecular weight is 547 g/mol. The molecular weight excluding hydrogens is 487 g/mol. The van der Waals surface area contributed by atoms with E-state index in [-0.39, 0.29) is 21.0 Å². The molecule has 5 nitrogen and oxygen atoms in total. The topological polar surface area (TPSA) is 56.8 Å². The molecule has 0 aromatic rings. The van der Waals surface area contributed by atoms with E-state index < -0.39 is 30.5 Å². The lowest BCUT2D eigenvalue weighted by Crippen LogP contribution is -2.63. The fraction of sp³-hybridized carbons (Fsp3) is 0.926. The van der Waals surface area contributed by atoms with Gasteiger partial charge in [-0.2, -0.15) is 0 Å². The third-order valence-corrected chi connectivity index (χ3v) is 22.0. The van der Waals surface area contributed by atoms with Gasteiger partial charge in [-0.3, -0.25) is 4.79 Å². The summed E-state index contributed by atoms with van der Waals surface area (Å²) in [6.45, 7) is 38.8. The van der Waals surface area contributed by atoms with Crippen molar-refractivity contribution < 1.29 is 18.1 Å². The van der Waals surface area contributed by atoms with E-state index >= 15 is 0 Å². The van der Waals surface area contributed by atoms with Gasteiger partial charge >= 0.3 is 0 Å². The molecule has 0 spiro atoms. The highest BCUT2D eigenvalue weighted by Crippen LogP contribution is 2.40. The predicted molar refractivity (Wildman–Crippen MR) is 160 cm³/mol. The highest BCUT2D eigenvalue weighted by molar-refractivity contribution is 6.75. The van der Waals surface area contributed by atoms with Crippen LogP contribution in [0.2, 0.25) is 54.4 Å². The van der Waals surface area contributed by atoms with Crippen LogP contribution >= 0.6 is 0 Å². The molecule has 1 N–H and O–H groups in total. The van der Waals surface area contributed by atoms with Crippen molar-refractivity contribution in [2.45, 2.75) is 142 Å². The zero-order chi connectivity index (χ0) is 28.1. The second kappa shape index (κ2) is 12.2. The van der Waals surface area contributed by atoms with Crippen LogP contribution in [0.5, 0.6) is 0 Å². The summed E-state index contributed by atoms with van der Waals surface area (Å²) in [5, 5.41) is 3.56. The quantitative estimate of drug-likeness (QED) is 0.238. The molecule has 8 heteroatoms. The van der Waals surface area contributed by atoms with E-state index in [2.05, 4.69) is 114 Å². The third-order valence-electron chi connectivity index (χ3n) is 8.60. The maximum atomic E-state index is 13.1. The Hall–Kier alpha value is 0.000649. The number of rotatable bonds is 13. The highest BCUT2D eigenvalue weighted by atomic mass is 28.4. The van der Waals surface area contributed by atoms with Crippen LogP contribution in [0.1, 0.15) is 81.6 Å². The Morgan fingerprint density at radius 2 is 0.943 bits per heavy atom. The Morgan fingerprint density at radius 1 is 0.657 bits per heavy atom. The molecular formula is C27H60NO4Si3. The molecule has 0 unspecified atom stereocenters. The van der Waals surface area contributed by atoms with Gasteiger partial charge in [0.1, 0.15) is 5.54 Å². The Labute approximate surface area is 222 Å². The summed E-state index contributed by atoms with van der Waals surface area (Å²) in [5.41, 5.74) is -0.737. The van der Waals surface area contributed by atoms with Gasteiger partial charge in [0, 0.05) is 6.42 Å². The maximum absolute atomic E-state index is 13.1. The number of amides is 1. The van der Waals surface area contributed by atoms with Crippen molar-refractivity contribution in [1.82, 2.24) is 5.32 Å². The summed E-state index contributed by atoms with van der Waals surface area (Å²) in [5.74, 6) is 0.0187. The Bertz CT molecular complexity index is 597. The van der Waals surface area contributed by atoms with Crippen molar-refractivity contribution in [1.29, 1.82) is 0 Å². The molecule has 35 heavy (non-hydrogen) atoms. The van der Waals surface area contributed by atoms with Gasteiger partial charge in [0.05, 0.1) is 19.8 Å². The minimum atomic E-state index is -2.06. The van der Waals surface area contributed by atoms with Crippen LogP contribution in [0.3, 0.4) is 0 Å². The van der Waals surface area contributed by atoms with Gasteiger partial charge in [-0.25, -0.2) is 0 Å². The Balaban J connectivity index is 6.32. The Kier molecular flexibility index (Phi) is 12.2. The smallest absolute Gasteiger partial charge is 0.220 e. The second-order valence-corrected chi connectivity index (χ2v) is 29.4. The van der Waals surface area contributed by atoms with Gasteiger partial charge in [0.25, 0.3) is 0 Å². The van der Waals surface area contributed by atoms with E-state index in [0.29, 0.717) is 26.2 Å². The average Bonchev–Trinajstić information content (AvgIpc) is 2.65. The number of hydrogen-bond donors (Lipinski definition) is 1. The van der Waals surface area contributed by atoms with Crippen LogP contribution in [0.25, 0.3) is 0 Å². The minimum Gasteiger partial charge on any atom is -0.414 e. The van der Waals surface area contributed by atoms with Gasteiger partial charge in [-0.1, -0.05) is 75.7 Å². The number of hydrogen-bond acceptors (Lipinski definition) is 4. The van der Waals surface area contributed by atoms with Crippen molar-refractivity contribution in [2.75, 3.05) is 19.8 Å². The molecule has 0 saturated heterocycles. The molecule has 0 bridgehead atoms. The molecule has 0 fully saturated rings. The first-order valence-corrected chi connectivity index (χ1v) is 22.1. The largest absolute Gasteiger partial charge is 0.414 e. The van der Waals surface area contributed by atoms with Crippen LogP contribution in [-0.4, -0.2) is 56.2 Å². The molecule has 1 amide bonds. The number of unbranched alkanes of at least 4 members (excludes halogenated alkanes) is 1. The third kappa shape index (κ3) is 10.7. The summed E-state index contributed by atoms with van der Waals surface area (Å²) in [4.78, 5) is 13.1. The number of carbonyl (C=O) groups excluding carboxylic acids is 1. The summed E-state index contributed by atoms with van der Waals surface area (Å²) in [7, 11) is -6.19. The first kappa shape index (κ1) is 35.0. The maximum Gasteiger partial charge on any atom is 0.220 e. The van der Waals surface area contributed by atoms with E-state index in [1.165, 1.54) is 0 Å². The van der Waals surface area contributed by atoms with Crippen molar-refractivity contribution in [2.24, 2.45) is 0 Å². The SMILES string of the molecule is [CH2]CCCC(=O)NC(CO[Si](C)(C)C(C)(C)C)(CO[Si](C)(C)C(C)(C)C)CO[Si](C)(C)C(C)(C)C. The summed E-state index contributed by atoms with van der Waals surface area (Å²) in [6.07, 6.45) is 1.95. The second-order valence-electron chi connectivity index (χ2n) is 14.9. The standard InChI is InChI=1S/C27H60NO4Si3/c1-17-18-19-23(29)28-27(20-30-33(11,12)24(2,3)4,21-31-34(13,14)25(5,6)7)22-32-35(15,16)26(8,9)10/h1,17-22H2,2-16H3,(H,28,29). The normalized spacial score (nSPS) is 14.9. The molecule has 0 aliphatic heterocycles. The van der Waals surface area contributed by atoms with Crippen LogP contribution in [0.4, 0.5) is 0 Å². The molecule has 0 aliphatic carbocycles. The molecule has 0 saturated carbocycles. The fourth-order valence-corrected chi connectivity index (χ4v) is 5.69. The van der Waals surface area contributed by atoms with Gasteiger partial charge in [-0.15, -0.1) is 0 Å². The van der Waals surface area contributed by atoms with Gasteiger partial charge in [-0.05, 0) is 60.8 Å². The first-order chi connectivity index (χ1) is 15.3. The van der Waals surface area contributed by atoms with E-state index in [0.717, 1.165) is 12.8 Å². The molecule has 0 heterocycles. The molecule has 0 aliphatic rings. The van der Waals surface area contributed by atoms with Gasteiger partial charge in [0.2, 0.25) is 5.91 Å². The zero-order valence-corrected chi connectivity index (χ0v) is 29.1. The summed E-state index contributed by atoms with van der Waals surface area (Å²) in [6, 6.07) is 0. The summed E-state index contributed by atoms with van der Waals surface area (Å²) >= 11 is 0. The number of nitrogens with one attached hydrogen (secondary N) is 1. The van der Waals surface area contributed by atoms with E-state index in [4.69, 9.17) is 13.3 Å². The van der Waals surface area contributed by atoms with Gasteiger partial charge in [0.15, 0.2) is 25.0 Å². The van der Waals surface area contributed by atoms with Crippen LogP contribution in [0, 0.1) is 6.92 Å². The van der Waals surface area contributed by atoms with Crippen molar-refractivity contribution in [3.63, 3.8) is 0 Å². The van der Waals surface area contributed by atoms with Crippen LogP contribution in [0.15, 0.2) is 0 Å². The van der Waals surface area contributed by atoms with Crippen molar-refractivity contribution in [3.05, 3.63) is 6.92 Å². The molecule has 209 valence electrons. The highest BCUT2D eigenvalue weighted by Gasteiger charge is 2.46. The van der Waals surface area contributed by atoms with Crippen molar-refractivity contribution >= 4 is 30.9 Å². The molecule has 0 atom stereocenters. The predicted octanol–water partition coefficient (Wildman–Crippen LogP) is 7.91. The fourth-order valence-electron chi connectivity index (χ4n) is 2.48. The van der Waals surface area contributed by atoms with Gasteiger partial charge < -0.3 is 18.6 Å². The van der Waals surface area contributed by atoms with E-state index in [9.17, 15) is 4.79 Å². The lowest BCUT2D eigenvalue weighted by atomic mass is 10.0. The monoisotopic (exact) mass is 546 g/mol. The van der Waals surface area contributed by atoms with E-state index in [1.807, 2.05) is 0 Å². The minimum absolute atomic E-state index is 0.0187. The molecule has 0 rings (SSSR count). The van der Waals surface area contributed by atoms with Crippen molar-refractivity contribution in [3.8, 4) is 0 Å². The molecule has 0 aromatic heterocycles. The van der Waals surface area contributed by atoms with E-state index in [1.54, 1.807) is 0 Å². The number of carbonyl (C=O) groups is 1. The zero-order valence-electron chi connectivity index (χ0n) is 26.1. The summed E-state index contributed by atoms with van der Waals surface area (Å²) < 4.78 is 20.2.